The van der Waals surface area contributed by atoms with Gasteiger partial charge in [0.15, 0.2) is 6.61 Å². The van der Waals surface area contributed by atoms with Crippen LogP contribution in [0.5, 0.6) is 0 Å². The zero-order valence-corrected chi connectivity index (χ0v) is 15.6. The van der Waals surface area contributed by atoms with Gasteiger partial charge in [0.2, 0.25) is 0 Å². The molecular formula is C19H24N2O3S. The van der Waals surface area contributed by atoms with Crippen LogP contribution in [-0.2, 0) is 14.3 Å². The number of rotatable bonds is 6. The van der Waals surface area contributed by atoms with Gasteiger partial charge in [0, 0.05) is 4.90 Å². The Morgan fingerprint density at radius 1 is 1.24 bits per heavy atom. The van der Waals surface area contributed by atoms with Crippen molar-refractivity contribution >= 4 is 23.6 Å². The van der Waals surface area contributed by atoms with Crippen molar-refractivity contribution in [3.63, 3.8) is 0 Å². The first-order valence-corrected chi connectivity index (χ1v) is 9.51. The number of ether oxygens (including phenoxy) is 1. The molecule has 0 aliphatic heterocycles. The van der Waals surface area contributed by atoms with Crippen molar-refractivity contribution in [3.8, 4) is 6.07 Å². The van der Waals surface area contributed by atoms with Gasteiger partial charge in [0.25, 0.3) is 5.91 Å². The maximum Gasteiger partial charge on any atom is 0.316 e. The third-order valence-electron chi connectivity index (χ3n) is 4.50. The normalized spacial score (nSPS) is 15.9. The standard InChI is InChI=1S/C19H24N2O3S/c1-14-6-7-16(10-15(14)2)25-12-18(23)24-11-17(22)21-19(13-20)8-4-3-5-9-19/h6-7,10H,3-5,8-9,11-12H2,1-2H3,(H,21,22). The Labute approximate surface area is 153 Å². The van der Waals surface area contributed by atoms with Crippen molar-refractivity contribution in [1.29, 1.82) is 5.26 Å². The molecule has 1 fully saturated rings. The van der Waals surface area contributed by atoms with Crippen LogP contribution in [0.2, 0.25) is 0 Å². The maximum atomic E-state index is 12.0. The molecule has 25 heavy (non-hydrogen) atoms. The number of aryl methyl sites for hydroxylation is 2. The Morgan fingerprint density at radius 2 is 1.96 bits per heavy atom. The largest absolute Gasteiger partial charge is 0.455 e. The quantitative estimate of drug-likeness (QED) is 0.622. The van der Waals surface area contributed by atoms with E-state index in [1.54, 1.807) is 0 Å². The smallest absolute Gasteiger partial charge is 0.316 e. The summed E-state index contributed by atoms with van der Waals surface area (Å²) in [6.45, 7) is 3.73. The Morgan fingerprint density at radius 3 is 2.60 bits per heavy atom. The van der Waals surface area contributed by atoms with Crippen molar-refractivity contribution in [3.05, 3.63) is 29.3 Å². The number of amides is 1. The molecule has 5 nitrogen and oxygen atoms in total. The monoisotopic (exact) mass is 360 g/mol. The summed E-state index contributed by atoms with van der Waals surface area (Å²) in [5, 5.41) is 12.1. The lowest BCUT2D eigenvalue weighted by atomic mass is 9.83. The van der Waals surface area contributed by atoms with Gasteiger partial charge in [-0.3, -0.25) is 9.59 Å². The molecule has 0 aromatic heterocycles. The van der Waals surface area contributed by atoms with Crippen LogP contribution in [0.25, 0.3) is 0 Å². The summed E-state index contributed by atoms with van der Waals surface area (Å²) in [6.07, 6.45) is 4.27. The number of nitrogens with zero attached hydrogens (tertiary/aromatic N) is 1. The molecule has 0 radical (unpaired) electrons. The number of thioether (sulfide) groups is 1. The predicted octanol–water partition coefficient (Wildman–Crippen LogP) is 3.28. The number of nitrogens with one attached hydrogen (secondary N) is 1. The minimum atomic E-state index is -0.796. The first kappa shape index (κ1) is 19.3. The number of carbonyl (C=O) groups is 2. The minimum Gasteiger partial charge on any atom is -0.455 e. The van der Waals surface area contributed by atoms with Crippen LogP contribution in [0.15, 0.2) is 23.1 Å². The number of hydrogen-bond donors (Lipinski definition) is 1. The third kappa shape index (κ3) is 5.79. The molecule has 1 N–H and O–H groups in total. The maximum absolute atomic E-state index is 12.0. The summed E-state index contributed by atoms with van der Waals surface area (Å²) >= 11 is 1.38. The van der Waals surface area contributed by atoms with Gasteiger partial charge in [-0.1, -0.05) is 25.3 Å². The van der Waals surface area contributed by atoms with Crippen molar-refractivity contribution in [2.45, 2.75) is 56.4 Å². The molecule has 0 unspecified atom stereocenters. The van der Waals surface area contributed by atoms with Gasteiger partial charge in [-0.15, -0.1) is 11.8 Å². The lowest BCUT2D eigenvalue weighted by Crippen LogP contribution is -2.50. The second kappa shape index (κ2) is 8.91. The highest BCUT2D eigenvalue weighted by Crippen LogP contribution is 2.27. The van der Waals surface area contributed by atoms with Crippen molar-refractivity contribution in [1.82, 2.24) is 5.32 Å². The summed E-state index contributed by atoms with van der Waals surface area (Å²) < 4.78 is 5.03. The first-order valence-electron chi connectivity index (χ1n) is 8.52. The number of hydrogen-bond acceptors (Lipinski definition) is 5. The molecule has 0 spiro atoms. The van der Waals surface area contributed by atoms with E-state index >= 15 is 0 Å². The van der Waals surface area contributed by atoms with Crippen LogP contribution >= 0.6 is 11.8 Å². The molecule has 1 aliphatic carbocycles. The van der Waals surface area contributed by atoms with Gasteiger partial charge in [-0.2, -0.15) is 5.26 Å². The zero-order chi connectivity index (χ0) is 18.3. The molecule has 1 amide bonds. The van der Waals surface area contributed by atoms with Crippen LogP contribution in [0.4, 0.5) is 0 Å². The van der Waals surface area contributed by atoms with E-state index in [1.165, 1.54) is 22.9 Å². The van der Waals surface area contributed by atoms with Crippen molar-refractivity contribution in [2.75, 3.05) is 12.4 Å². The second-order valence-corrected chi connectivity index (χ2v) is 7.55. The SMILES string of the molecule is Cc1ccc(SCC(=O)OCC(=O)NC2(C#N)CCCCC2)cc1C. The molecule has 2 rings (SSSR count). The summed E-state index contributed by atoms with van der Waals surface area (Å²) in [5.41, 5.74) is 1.58. The van der Waals surface area contributed by atoms with Gasteiger partial charge in [0.1, 0.15) is 5.54 Å². The lowest BCUT2D eigenvalue weighted by molar-refractivity contribution is -0.146. The van der Waals surface area contributed by atoms with Crippen LogP contribution in [0.1, 0.15) is 43.2 Å². The predicted molar refractivity (Wildman–Crippen MR) is 97.2 cm³/mol. The molecule has 0 atom stereocenters. The highest BCUT2D eigenvalue weighted by atomic mass is 32.2. The lowest BCUT2D eigenvalue weighted by Gasteiger charge is -2.31. The second-order valence-electron chi connectivity index (χ2n) is 6.50. The summed E-state index contributed by atoms with van der Waals surface area (Å²) in [4.78, 5) is 24.8. The fourth-order valence-electron chi connectivity index (χ4n) is 2.86. The van der Waals surface area contributed by atoms with E-state index in [4.69, 9.17) is 4.74 Å². The van der Waals surface area contributed by atoms with Crippen LogP contribution in [-0.4, -0.2) is 29.8 Å². The molecule has 0 heterocycles. The molecule has 6 heteroatoms. The zero-order valence-electron chi connectivity index (χ0n) is 14.8. The van der Waals surface area contributed by atoms with Crippen LogP contribution in [0, 0.1) is 25.2 Å². The van der Waals surface area contributed by atoms with Gasteiger partial charge in [-0.25, -0.2) is 0 Å². The summed E-state index contributed by atoms with van der Waals surface area (Å²) in [6, 6.07) is 8.22. The summed E-state index contributed by atoms with van der Waals surface area (Å²) in [7, 11) is 0. The van der Waals surface area contributed by atoms with Crippen molar-refractivity contribution in [2.24, 2.45) is 0 Å². The summed E-state index contributed by atoms with van der Waals surface area (Å²) in [5.74, 6) is -0.694. The van der Waals surface area contributed by atoms with E-state index in [2.05, 4.69) is 11.4 Å². The minimum absolute atomic E-state index is 0.152. The molecule has 1 aromatic carbocycles. The number of nitriles is 1. The van der Waals surface area contributed by atoms with E-state index in [0.717, 1.165) is 24.2 Å². The van der Waals surface area contributed by atoms with E-state index in [0.29, 0.717) is 12.8 Å². The van der Waals surface area contributed by atoms with Gasteiger partial charge < -0.3 is 10.1 Å². The fraction of sp³-hybridized carbons (Fsp3) is 0.526. The number of carbonyl (C=O) groups excluding carboxylic acids is 2. The van der Waals surface area contributed by atoms with E-state index in [9.17, 15) is 14.9 Å². The fourth-order valence-corrected chi connectivity index (χ4v) is 3.65. The number of esters is 1. The molecule has 0 bridgehead atoms. The Bertz CT molecular complexity index is 676. The van der Waals surface area contributed by atoms with E-state index in [1.807, 2.05) is 32.0 Å². The average Bonchev–Trinajstić information content (AvgIpc) is 2.61. The molecule has 1 saturated carbocycles. The average molecular weight is 360 g/mol. The van der Waals surface area contributed by atoms with Gasteiger partial charge >= 0.3 is 5.97 Å². The Balaban J connectivity index is 1.74. The van der Waals surface area contributed by atoms with Crippen molar-refractivity contribution < 1.29 is 14.3 Å². The molecule has 0 saturated heterocycles. The highest BCUT2D eigenvalue weighted by Gasteiger charge is 2.33. The molecule has 1 aliphatic rings. The van der Waals surface area contributed by atoms with Gasteiger partial charge in [0.05, 0.1) is 11.8 Å². The molecule has 134 valence electrons. The van der Waals surface area contributed by atoms with Gasteiger partial charge in [-0.05, 0) is 49.9 Å². The third-order valence-corrected chi connectivity index (χ3v) is 5.47. The van der Waals surface area contributed by atoms with E-state index < -0.39 is 17.4 Å². The Kier molecular flexibility index (Phi) is 6.89. The van der Waals surface area contributed by atoms with Crippen LogP contribution in [0.3, 0.4) is 0 Å². The molecule has 1 aromatic rings. The Hall–Kier alpha value is -2.00. The topological polar surface area (TPSA) is 79.2 Å². The highest BCUT2D eigenvalue weighted by molar-refractivity contribution is 8.00. The molecular weight excluding hydrogens is 336 g/mol. The van der Waals surface area contributed by atoms with E-state index in [-0.39, 0.29) is 12.4 Å². The first-order chi connectivity index (χ1) is 11.9. The van der Waals surface area contributed by atoms with Crippen LogP contribution < -0.4 is 5.32 Å². The number of benzene rings is 1.